The highest BCUT2D eigenvalue weighted by Gasteiger charge is 2.14. The molecule has 0 aliphatic heterocycles. The van der Waals surface area contributed by atoms with E-state index in [4.69, 9.17) is 0 Å². The van der Waals surface area contributed by atoms with Gasteiger partial charge in [0.25, 0.3) is 0 Å². The molecular formula is C17H29N3O3S. The van der Waals surface area contributed by atoms with Gasteiger partial charge >= 0.3 is 6.03 Å². The lowest BCUT2D eigenvalue weighted by molar-refractivity contribution is 0.217. The van der Waals surface area contributed by atoms with Gasteiger partial charge in [0, 0.05) is 25.3 Å². The lowest BCUT2D eigenvalue weighted by Crippen LogP contribution is -2.34. The topological polar surface area (TPSA) is 78.5 Å². The second kappa shape index (κ2) is 10.3. The lowest BCUT2D eigenvalue weighted by atomic mass is 10.2. The average molecular weight is 356 g/mol. The maximum absolute atomic E-state index is 12.2. The third kappa shape index (κ3) is 6.49. The van der Waals surface area contributed by atoms with E-state index in [0.29, 0.717) is 25.3 Å². The smallest absolute Gasteiger partial charge is 0.321 e. The molecule has 6 nitrogen and oxygen atoms in total. The Morgan fingerprint density at radius 3 is 2.17 bits per heavy atom. The summed E-state index contributed by atoms with van der Waals surface area (Å²) in [6, 6.07) is 6.03. The van der Waals surface area contributed by atoms with Crippen LogP contribution in [0.15, 0.2) is 29.2 Å². The second-order valence-electron chi connectivity index (χ2n) is 5.59. The standard InChI is InChI=1S/C17H29N3O3S/c1-4-7-8-9-14-18-24(22,23)16-12-10-15(11-13-16)19-17(21)20(5-2)6-3/h10-13,18H,4-9,14H2,1-3H3,(H,19,21). The molecule has 136 valence electrons. The maximum Gasteiger partial charge on any atom is 0.321 e. The molecule has 0 aliphatic carbocycles. The van der Waals surface area contributed by atoms with Gasteiger partial charge in [0.15, 0.2) is 0 Å². The molecule has 7 heteroatoms. The molecule has 1 rings (SSSR count). The van der Waals surface area contributed by atoms with E-state index in [1.807, 2.05) is 13.8 Å². The third-order valence-corrected chi connectivity index (χ3v) is 5.27. The summed E-state index contributed by atoms with van der Waals surface area (Å²) in [6.07, 6.45) is 4.09. The molecule has 0 saturated heterocycles. The molecule has 0 aliphatic rings. The quantitative estimate of drug-likeness (QED) is 0.631. The van der Waals surface area contributed by atoms with Gasteiger partial charge in [-0.25, -0.2) is 17.9 Å². The zero-order chi connectivity index (χ0) is 18.0. The zero-order valence-corrected chi connectivity index (χ0v) is 15.7. The van der Waals surface area contributed by atoms with Crippen molar-refractivity contribution in [2.45, 2.75) is 51.3 Å². The summed E-state index contributed by atoms with van der Waals surface area (Å²) >= 11 is 0. The van der Waals surface area contributed by atoms with Crippen LogP contribution < -0.4 is 10.0 Å². The number of nitrogens with zero attached hydrogens (tertiary/aromatic N) is 1. The number of carbonyl (C=O) groups is 1. The fourth-order valence-corrected chi connectivity index (χ4v) is 3.35. The van der Waals surface area contributed by atoms with Crippen molar-refractivity contribution >= 4 is 21.7 Å². The largest absolute Gasteiger partial charge is 0.325 e. The number of sulfonamides is 1. The highest BCUT2D eigenvalue weighted by molar-refractivity contribution is 7.89. The molecule has 0 heterocycles. The van der Waals surface area contributed by atoms with E-state index in [2.05, 4.69) is 17.0 Å². The van der Waals surface area contributed by atoms with Gasteiger partial charge in [0.2, 0.25) is 10.0 Å². The van der Waals surface area contributed by atoms with Crippen molar-refractivity contribution in [2.75, 3.05) is 25.0 Å². The van der Waals surface area contributed by atoms with E-state index in [9.17, 15) is 13.2 Å². The summed E-state index contributed by atoms with van der Waals surface area (Å²) in [5.74, 6) is 0. The number of urea groups is 1. The Morgan fingerprint density at radius 2 is 1.62 bits per heavy atom. The fraction of sp³-hybridized carbons (Fsp3) is 0.588. The molecule has 0 bridgehead atoms. The van der Waals surface area contributed by atoms with Crippen molar-refractivity contribution in [3.8, 4) is 0 Å². The minimum absolute atomic E-state index is 0.190. The summed E-state index contributed by atoms with van der Waals surface area (Å²) in [5.41, 5.74) is 0.578. The first-order valence-electron chi connectivity index (χ1n) is 8.60. The van der Waals surface area contributed by atoms with Crippen LogP contribution in [-0.4, -0.2) is 39.0 Å². The van der Waals surface area contributed by atoms with Crippen LogP contribution in [0.5, 0.6) is 0 Å². The highest BCUT2D eigenvalue weighted by atomic mass is 32.2. The van der Waals surface area contributed by atoms with Gasteiger partial charge in [0.05, 0.1) is 4.90 Å². The molecule has 2 amide bonds. The molecule has 2 N–H and O–H groups in total. The molecule has 1 aromatic rings. The number of rotatable bonds is 10. The van der Waals surface area contributed by atoms with Crippen LogP contribution >= 0.6 is 0 Å². The van der Waals surface area contributed by atoms with E-state index >= 15 is 0 Å². The van der Waals surface area contributed by atoms with Crippen molar-refractivity contribution in [3.63, 3.8) is 0 Å². The minimum Gasteiger partial charge on any atom is -0.325 e. The van der Waals surface area contributed by atoms with Crippen molar-refractivity contribution in [2.24, 2.45) is 0 Å². The van der Waals surface area contributed by atoms with E-state index in [-0.39, 0.29) is 10.9 Å². The maximum atomic E-state index is 12.2. The first kappa shape index (κ1) is 20.4. The molecule has 0 aromatic heterocycles. The van der Waals surface area contributed by atoms with Gasteiger partial charge in [-0.15, -0.1) is 0 Å². The van der Waals surface area contributed by atoms with E-state index < -0.39 is 10.0 Å². The number of hydrogen-bond donors (Lipinski definition) is 2. The van der Waals surface area contributed by atoms with Crippen LogP contribution in [-0.2, 0) is 10.0 Å². The number of anilines is 1. The molecule has 0 spiro atoms. The fourth-order valence-electron chi connectivity index (χ4n) is 2.27. The van der Waals surface area contributed by atoms with Crippen LogP contribution in [0.3, 0.4) is 0 Å². The Hall–Kier alpha value is -1.60. The van der Waals surface area contributed by atoms with E-state index in [0.717, 1.165) is 25.7 Å². The Labute approximate surface area is 145 Å². The van der Waals surface area contributed by atoms with E-state index in [1.54, 1.807) is 17.0 Å². The summed E-state index contributed by atoms with van der Waals surface area (Å²) in [7, 11) is -3.49. The van der Waals surface area contributed by atoms with Crippen LogP contribution in [0.25, 0.3) is 0 Å². The Balaban J connectivity index is 2.61. The second-order valence-corrected chi connectivity index (χ2v) is 7.35. The number of amides is 2. The Bertz CT molecular complexity index is 596. The van der Waals surface area contributed by atoms with E-state index in [1.165, 1.54) is 12.1 Å². The minimum atomic E-state index is -3.49. The highest BCUT2D eigenvalue weighted by Crippen LogP contribution is 2.14. The van der Waals surface area contributed by atoms with Crippen LogP contribution in [0.1, 0.15) is 46.5 Å². The lowest BCUT2D eigenvalue weighted by Gasteiger charge is -2.19. The van der Waals surface area contributed by atoms with Crippen molar-refractivity contribution < 1.29 is 13.2 Å². The summed E-state index contributed by atoms with van der Waals surface area (Å²) in [5, 5.41) is 2.76. The molecule has 0 fully saturated rings. The zero-order valence-electron chi connectivity index (χ0n) is 14.8. The summed E-state index contributed by atoms with van der Waals surface area (Å²) < 4.78 is 27.0. The summed E-state index contributed by atoms with van der Waals surface area (Å²) in [4.78, 5) is 13.8. The first-order valence-corrected chi connectivity index (χ1v) is 10.1. The average Bonchev–Trinajstić information content (AvgIpc) is 2.56. The van der Waals surface area contributed by atoms with Crippen molar-refractivity contribution in [1.29, 1.82) is 0 Å². The van der Waals surface area contributed by atoms with Gasteiger partial charge in [-0.1, -0.05) is 26.2 Å². The number of carbonyl (C=O) groups excluding carboxylic acids is 1. The SMILES string of the molecule is CCCCCCNS(=O)(=O)c1ccc(NC(=O)N(CC)CC)cc1. The predicted molar refractivity (Wildman–Crippen MR) is 97.7 cm³/mol. The summed E-state index contributed by atoms with van der Waals surface area (Å²) in [6.45, 7) is 7.62. The Morgan fingerprint density at radius 1 is 1.00 bits per heavy atom. The third-order valence-electron chi connectivity index (χ3n) is 3.79. The number of hydrogen-bond acceptors (Lipinski definition) is 3. The van der Waals surface area contributed by atoms with Gasteiger partial charge in [0.1, 0.15) is 0 Å². The number of nitrogens with one attached hydrogen (secondary N) is 2. The van der Waals surface area contributed by atoms with Crippen LogP contribution in [0.4, 0.5) is 10.5 Å². The van der Waals surface area contributed by atoms with Gasteiger partial charge < -0.3 is 10.2 Å². The molecule has 0 unspecified atom stereocenters. The van der Waals surface area contributed by atoms with Gasteiger partial charge in [-0.3, -0.25) is 0 Å². The predicted octanol–water partition coefficient (Wildman–Crippen LogP) is 3.42. The van der Waals surface area contributed by atoms with Crippen molar-refractivity contribution in [3.05, 3.63) is 24.3 Å². The molecule has 0 saturated carbocycles. The number of unbranched alkanes of at least 4 members (excludes halogenated alkanes) is 3. The normalized spacial score (nSPS) is 11.3. The van der Waals surface area contributed by atoms with Crippen LogP contribution in [0.2, 0.25) is 0 Å². The van der Waals surface area contributed by atoms with Gasteiger partial charge in [-0.2, -0.15) is 0 Å². The molecule has 0 atom stereocenters. The van der Waals surface area contributed by atoms with Gasteiger partial charge in [-0.05, 0) is 44.5 Å². The van der Waals surface area contributed by atoms with Crippen LogP contribution in [0, 0.1) is 0 Å². The Kier molecular flexibility index (Phi) is 8.78. The number of benzene rings is 1. The molecule has 24 heavy (non-hydrogen) atoms. The first-order chi connectivity index (χ1) is 11.4. The monoisotopic (exact) mass is 355 g/mol. The molecule has 0 radical (unpaired) electrons. The molecule has 1 aromatic carbocycles. The molecular weight excluding hydrogens is 326 g/mol. The van der Waals surface area contributed by atoms with Crippen molar-refractivity contribution in [1.82, 2.24) is 9.62 Å².